The second-order valence-electron chi connectivity index (χ2n) is 7.16. The summed E-state index contributed by atoms with van der Waals surface area (Å²) < 4.78 is 27.0. The lowest BCUT2D eigenvalue weighted by atomic mass is 10.1. The number of imide groups is 1. The first-order chi connectivity index (χ1) is 12.3. The van der Waals surface area contributed by atoms with Gasteiger partial charge in [0.05, 0.1) is 12.5 Å². The maximum Gasteiger partial charge on any atom is 0.252 e. The van der Waals surface area contributed by atoms with Gasteiger partial charge in [-0.2, -0.15) is 4.31 Å². The van der Waals surface area contributed by atoms with Gasteiger partial charge in [-0.1, -0.05) is 19.9 Å². The van der Waals surface area contributed by atoms with Crippen molar-refractivity contribution in [1.29, 1.82) is 0 Å². The van der Waals surface area contributed by atoms with Crippen LogP contribution in [0.3, 0.4) is 0 Å². The molecule has 144 valence electrons. The summed E-state index contributed by atoms with van der Waals surface area (Å²) in [5.41, 5.74) is 0. The van der Waals surface area contributed by atoms with Crippen LogP contribution in [0.1, 0.15) is 26.7 Å². The number of amides is 2. The predicted octanol–water partition coefficient (Wildman–Crippen LogP) is 1.23. The van der Waals surface area contributed by atoms with Crippen LogP contribution in [0.5, 0.6) is 0 Å². The number of carbonyl (C=O) groups excluding carboxylic acids is 2. The Bertz CT molecular complexity index is 753. The Kier molecular flexibility index (Phi) is 5.81. The molecule has 0 unspecified atom stereocenters. The van der Waals surface area contributed by atoms with Crippen molar-refractivity contribution in [3.63, 3.8) is 0 Å². The number of piperazine rings is 1. The highest BCUT2D eigenvalue weighted by Crippen LogP contribution is 2.25. The topological polar surface area (TPSA) is 78.0 Å². The minimum absolute atomic E-state index is 0.116. The highest BCUT2D eigenvalue weighted by molar-refractivity contribution is 7.91. The Hall–Kier alpha value is -1.29. The molecule has 7 nitrogen and oxygen atoms in total. The van der Waals surface area contributed by atoms with E-state index in [1.807, 2.05) is 4.90 Å². The van der Waals surface area contributed by atoms with E-state index in [2.05, 4.69) is 13.8 Å². The number of hydrogen-bond acceptors (Lipinski definition) is 6. The van der Waals surface area contributed by atoms with Gasteiger partial charge in [0.2, 0.25) is 11.8 Å². The zero-order valence-electron chi connectivity index (χ0n) is 15.1. The Morgan fingerprint density at radius 1 is 1.19 bits per heavy atom. The highest BCUT2D eigenvalue weighted by Gasteiger charge is 2.43. The molecule has 1 aromatic rings. The van der Waals surface area contributed by atoms with Crippen LogP contribution in [0.15, 0.2) is 21.7 Å². The Morgan fingerprint density at radius 3 is 2.46 bits per heavy atom. The molecule has 0 N–H and O–H groups in total. The number of rotatable bonds is 6. The fourth-order valence-corrected chi connectivity index (χ4v) is 5.93. The fourth-order valence-electron chi connectivity index (χ4n) is 3.37. The molecule has 1 atom stereocenters. The van der Waals surface area contributed by atoms with Crippen LogP contribution in [-0.4, -0.2) is 73.1 Å². The van der Waals surface area contributed by atoms with E-state index in [-0.39, 0.29) is 18.2 Å². The smallest absolute Gasteiger partial charge is 0.252 e. The number of thiophene rings is 1. The van der Waals surface area contributed by atoms with E-state index in [0.717, 1.165) is 6.42 Å². The third-order valence-electron chi connectivity index (χ3n) is 4.95. The number of sulfonamides is 1. The van der Waals surface area contributed by atoms with Crippen molar-refractivity contribution < 1.29 is 18.0 Å². The molecule has 0 radical (unpaired) electrons. The molecule has 2 fully saturated rings. The molecule has 0 bridgehead atoms. The largest absolute Gasteiger partial charge is 0.289 e. The average molecular weight is 400 g/mol. The summed E-state index contributed by atoms with van der Waals surface area (Å²) in [4.78, 5) is 28.2. The van der Waals surface area contributed by atoms with Crippen LogP contribution in [0.25, 0.3) is 0 Å². The van der Waals surface area contributed by atoms with Gasteiger partial charge in [-0.3, -0.25) is 19.4 Å². The third kappa shape index (κ3) is 3.85. The van der Waals surface area contributed by atoms with E-state index in [0.29, 0.717) is 42.9 Å². The van der Waals surface area contributed by atoms with Gasteiger partial charge in [0.25, 0.3) is 10.0 Å². The van der Waals surface area contributed by atoms with Crippen molar-refractivity contribution in [2.75, 3.05) is 32.7 Å². The minimum Gasteiger partial charge on any atom is -0.289 e. The minimum atomic E-state index is -3.46. The SMILES string of the molecule is CC(C)CCN1C(=O)C[C@H](N2CCN(S(=O)(=O)c3cccs3)CC2)C1=O. The molecule has 0 aromatic carbocycles. The van der Waals surface area contributed by atoms with Gasteiger partial charge >= 0.3 is 0 Å². The molecule has 3 rings (SSSR count). The zero-order valence-corrected chi connectivity index (χ0v) is 16.8. The van der Waals surface area contributed by atoms with Crippen molar-refractivity contribution in [2.45, 2.75) is 36.9 Å². The first kappa shape index (κ1) is 19.5. The molecule has 1 aromatic heterocycles. The molecule has 2 amide bonds. The van der Waals surface area contributed by atoms with Gasteiger partial charge in [-0.25, -0.2) is 8.42 Å². The van der Waals surface area contributed by atoms with E-state index in [1.165, 1.54) is 20.5 Å². The second kappa shape index (κ2) is 7.75. The summed E-state index contributed by atoms with van der Waals surface area (Å²) in [5.74, 6) is 0.181. The molecular weight excluding hydrogens is 374 g/mol. The monoisotopic (exact) mass is 399 g/mol. The Labute approximate surface area is 158 Å². The molecule has 3 heterocycles. The summed E-state index contributed by atoms with van der Waals surface area (Å²) in [6.45, 7) is 6.21. The van der Waals surface area contributed by atoms with E-state index >= 15 is 0 Å². The normalized spacial score (nSPS) is 23.3. The highest BCUT2D eigenvalue weighted by atomic mass is 32.2. The van der Waals surface area contributed by atoms with Gasteiger partial charge in [-0.05, 0) is 23.8 Å². The molecule has 2 aliphatic heterocycles. The van der Waals surface area contributed by atoms with Crippen LogP contribution in [-0.2, 0) is 19.6 Å². The molecule has 2 saturated heterocycles. The van der Waals surface area contributed by atoms with Crippen LogP contribution in [0.4, 0.5) is 0 Å². The lowest BCUT2D eigenvalue weighted by Crippen LogP contribution is -2.53. The predicted molar refractivity (Wildman–Crippen MR) is 99.2 cm³/mol. The van der Waals surface area contributed by atoms with E-state index < -0.39 is 16.1 Å². The van der Waals surface area contributed by atoms with Crippen molar-refractivity contribution >= 4 is 33.2 Å². The maximum absolute atomic E-state index is 12.6. The zero-order chi connectivity index (χ0) is 18.9. The summed E-state index contributed by atoms with van der Waals surface area (Å²) in [6, 6.07) is 2.89. The van der Waals surface area contributed by atoms with E-state index in [4.69, 9.17) is 0 Å². The van der Waals surface area contributed by atoms with Crippen LogP contribution < -0.4 is 0 Å². The third-order valence-corrected chi connectivity index (χ3v) is 8.23. The number of carbonyl (C=O) groups is 2. The van der Waals surface area contributed by atoms with Crippen molar-refractivity contribution in [1.82, 2.24) is 14.1 Å². The molecule has 9 heteroatoms. The quantitative estimate of drug-likeness (QED) is 0.673. The molecule has 26 heavy (non-hydrogen) atoms. The van der Waals surface area contributed by atoms with Gasteiger partial charge in [-0.15, -0.1) is 11.3 Å². The summed E-state index contributed by atoms with van der Waals surface area (Å²) in [5, 5.41) is 1.75. The van der Waals surface area contributed by atoms with Crippen molar-refractivity contribution in [2.24, 2.45) is 5.92 Å². The van der Waals surface area contributed by atoms with Gasteiger partial charge in [0, 0.05) is 32.7 Å². The standard InChI is InChI=1S/C17H25N3O4S2/c1-13(2)5-6-20-15(21)12-14(17(20)22)18-7-9-19(10-8-18)26(23,24)16-4-3-11-25-16/h3-4,11,13-14H,5-10,12H2,1-2H3/t14-/m0/s1. The van der Waals surface area contributed by atoms with Crippen LogP contribution in [0.2, 0.25) is 0 Å². The Balaban J connectivity index is 1.60. The molecule has 0 saturated carbocycles. The molecular formula is C17H25N3O4S2. The van der Waals surface area contributed by atoms with Crippen LogP contribution in [0, 0.1) is 5.92 Å². The van der Waals surface area contributed by atoms with E-state index in [9.17, 15) is 18.0 Å². The number of nitrogens with zero attached hydrogens (tertiary/aromatic N) is 3. The summed E-state index contributed by atoms with van der Waals surface area (Å²) >= 11 is 1.21. The van der Waals surface area contributed by atoms with Crippen LogP contribution >= 0.6 is 11.3 Å². The van der Waals surface area contributed by atoms with E-state index in [1.54, 1.807) is 17.5 Å². The molecule has 0 aliphatic carbocycles. The first-order valence-electron chi connectivity index (χ1n) is 8.92. The summed E-state index contributed by atoms with van der Waals surface area (Å²) in [7, 11) is -3.46. The van der Waals surface area contributed by atoms with Crippen molar-refractivity contribution in [3.05, 3.63) is 17.5 Å². The van der Waals surface area contributed by atoms with Gasteiger partial charge in [0.15, 0.2) is 0 Å². The maximum atomic E-state index is 12.6. The molecule has 2 aliphatic rings. The van der Waals surface area contributed by atoms with Crippen molar-refractivity contribution in [3.8, 4) is 0 Å². The number of likely N-dealkylation sites (tertiary alicyclic amines) is 1. The molecule has 0 spiro atoms. The van der Waals surface area contributed by atoms with Gasteiger partial charge < -0.3 is 0 Å². The van der Waals surface area contributed by atoms with Gasteiger partial charge in [0.1, 0.15) is 4.21 Å². The Morgan fingerprint density at radius 2 is 1.88 bits per heavy atom. The first-order valence-corrected chi connectivity index (χ1v) is 11.2. The second-order valence-corrected chi connectivity index (χ2v) is 10.3. The fraction of sp³-hybridized carbons (Fsp3) is 0.647. The lowest BCUT2D eigenvalue weighted by molar-refractivity contribution is -0.140. The average Bonchev–Trinajstić information content (AvgIpc) is 3.23. The number of hydrogen-bond donors (Lipinski definition) is 0. The lowest BCUT2D eigenvalue weighted by Gasteiger charge is -2.36. The summed E-state index contributed by atoms with van der Waals surface area (Å²) in [6.07, 6.45) is 1.01.